The summed E-state index contributed by atoms with van der Waals surface area (Å²) >= 11 is 1.60. The van der Waals surface area contributed by atoms with E-state index in [2.05, 4.69) is 10.6 Å². The number of carboxylic acid groups (broad SMARTS) is 2. The van der Waals surface area contributed by atoms with Gasteiger partial charge in [0.2, 0.25) is 0 Å². The van der Waals surface area contributed by atoms with Crippen molar-refractivity contribution >= 4 is 23.7 Å². The lowest BCUT2D eigenvalue weighted by Gasteiger charge is -2.17. The third-order valence-electron chi connectivity index (χ3n) is 3.40. The van der Waals surface area contributed by atoms with E-state index in [1.165, 1.54) is 0 Å². The Morgan fingerprint density at radius 3 is 2.13 bits per heavy atom. The molecule has 0 aliphatic rings. The molecule has 0 unspecified atom stereocenters. The average Bonchev–Trinajstić information content (AvgIpc) is 2.53. The van der Waals surface area contributed by atoms with Gasteiger partial charge in [0, 0.05) is 13.1 Å². The van der Waals surface area contributed by atoms with Gasteiger partial charge in [0.15, 0.2) is 0 Å². The summed E-state index contributed by atoms with van der Waals surface area (Å²) < 4.78 is 0. The van der Waals surface area contributed by atoms with Gasteiger partial charge >= 0.3 is 11.9 Å². The Morgan fingerprint density at radius 1 is 1.04 bits per heavy atom. The van der Waals surface area contributed by atoms with E-state index in [4.69, 9.17) is 5.11 Å². The standard InChI is InChI=1S/C16H24N2O4S/c1-23-10-7-13(15(19)20)17-8-9-18-14(16(21)22)11-12-5-3-2-4-6-12/h2-6,13-14,17-18H,7-11H2,1H3,(H,19,20)(H,21,22)/t13-,14+/m1/s1. The van der Waals surface area contributed by atoms with E-state index in [0.29, 0.717) is 25.9 Å². The third-order valence-corrected chi connectivity index (χ3v) is 4.04. The minimum absolute atomic E-state index is 0.394. The van der Waals surface area contributed by atoms with Crippen LogP contribution in [0.2, 0.25) is 0 Å². The van der Waals surface area contributed by atoms with Crippen molar-refractivity contribution in [3.8, 4) is 0 Å². The second-order valence-electron chi connectivity index (χ2n) is 5.16. The molecule has 7 heteroatoms. The van der Waals surface area contributed by atoms with Crippen LogP contribution in [0.15, 0.2) is 30.3 Å². The van der Waals surface area contributed by atoms with E-state index in [1.807, 2.05) is 36.6 Å². The molecule has 2 atom stereocenters. The van der Waals surface area contributed by atoms with Crippen molar-refractivity contribution in [2.75, 3.05) is 25.1 Å². The predicted octanol–water partition coefficient (Wildman–Crippen LogP) is 1.07. The smallest absolute Gasteiger partial charge is 0.321 e. The second kappa shape index (κ2) is 11.0. The zero-order chi connectivity index (χ0) is 17.1. The fraction of sp³-hybridized carbons (Fsp3) is 0.500. The molecular formula is C16H24N2O4S. The summed E-state index contributed by atoms with van der Waals surface area (Å²) in [6.45, 7) is 0.802. The first kappa shape index (κ1) is 19.5. The summed E-state index contributed by atoms with van der Waals surface area (Å²) in [6, 6.07) is 8.13. The van der Waals surface area contributed by atoms with Crippen molar-refractivity contribution in [2.24, 2.45) is 0 Å². The molecule has 0 aliphatic carbocycles. The normalized spacial score (nSPS) is 13.4. The Kier molecular flexibility index (Phi) is 9.35. The Hall–Kier alpha value is -1.57. The monoisotopic (exact) mass is 340 g/mol. The van der Waals surface area contributed by atoms with Crippen LogP contribution in [0, 0.1) is 0 Å². The van der Waals surface area contributed by atoms with Crippen molar-refractivity contribution in [1.29, 1.82) is 0 Å². The van der Waals surface area contributed by atoms with Crippen LogP contribution in [0.3, 0.4) is 0 Å². The quantitative estimate of drug-likeness (QED) is 0.422. The molecule has 1 aromatic rings. The maximum absolute atomic E-state index is 11.3. The van der Waals surface area contributed by atoms with Gasteiger partial charge in [-0.05, 0) is 30.4 Å². The highest BCUT2D eigenvalue weighted by molar-refractivity contribution is 7.98. The van der Waals surface area contributed by atoms with Gasteiger partial charge in [-0.3, -0.25) is 9.59 Å². The van der Waals surface area contributed by atoms with Gasteiger partial charge < -0.3 is 20.8 Å². The Morgan fingerprint density at radius 2 is 1.61 bits per heavy atom. The van der Waals surface area contributed by atoms with Crippen molar-refractivity contribution in [3.05, 3.63) is 35.9 Å². The largest absolute Gasteiger partial charge is 0.480 e. The molecule has 0 bridgehead atoms. The molecule has 0 saturated heterocycles. The highest BCUT2D eigenvalue weighted by Gasteiger charge is 2.18. The fourth-order valence-corrected chi connectivity index (χ4v) is 2.61. The van der Waals surface area contributed by atoms with Gasteiger partial charge in [0.1, 0.15) is 12.1 Å². The van der Waals surface area contributed by atoms with Crippen LogP contribution in [-0.4, -0.2) is 59.3 Å². The van der Waals surface area contributed by atoms with Crippen LogP contribution >= 0.6 is 11.8 Å². The Bertz CT molecular complexity index is 484. The molecule has 0 fully saturated rings. The molecule has 0 heterocycles. The summed E-state index contributed by atoms with van der Waals surface area (Å²) in [4.78, 5) is 22.4. The first-order valence-electron chi connectivity index (χ1n) is 7.49. The van der Waals surface area contributed by atoms with Crippen LogP contribution < -0.4 is 10.6 Å². The second-order valence-corrected chi connectivity index (χ2v) is 6.15. The number of aliphatic carboxylic acids is 2. The number of rotatable bonds is 12. The number of carboxylic acids is 2. The Balaban J connectivity index is 2.38. The number of hydrogen-bond donors (Lipinski definition) is 4. The molecule has 0 radical (unpaired) electrons. The maximum Gasteiger partial charge on any atom is 0.321 e. The van der Waals surface area contributed by atoms with E-state index in [9.17, 15) is 14.7 Å². The third kappa shape index (κ3) is 8.01. The minimum Gasteiger partial charge on any atom is -0.480 e. The molecule has 0 aromatic heterocycles. The fourth-order valence-electron chi connectivity index (χ4n) is 2.14. The van der Waals surface area contributed by atoms with E-state index in [-0.39, 0.29) is 0 Å². The number of carbonyl (C=O) groups is 2. The average molecular weight is 340 g/mol. The van der Waals surface area contributed by atoms with Crippen molar-refractivity contribution in [2.45, 2.75) is 24.9 Å². The highest BCUT2D eigenvalue weighted by atomic mass is 32.2. The van der Waals surface area contributed by atoms with Crippen LogP contribution in [-0.2, 0) is 16.0 Å². The van der Waals surface area contributed by atoms with E-state index in [1.54, 1.807) is 11.8 Å². The van der Waals surface area contributed by atoms with Gasteiger partial charge in [-0.15, -0.1) is 0 Å². The predicted molar refractivity (Wildman–Crippen MR) is 92.0 cm³/mol. The zero-order valence-corrected chi connectivity index (χ0v) is 14.0. The van der Waals surface area contributed by atoms with Crippen LogP contribution in [0.4, 0.5) is 0 Å². The van der Waals surface area contributed by atoms with Crippen molar-refractivity contribution < 1.29 is 19.8 Å². The summed E-state index contributed by atoms with van der Waals surface area (Å²) in [6.07, 6.45) is 2.87. The molecule has 1 aromatic carbocycles. The molecule has 0 amide bonds. The lowest BCUT2D eigenvalue weighted by atomic mass is 10.1. The molecular weight excluding hydrogens is 316 g/mol. The van der Waals surface area contributed by atoms with Crippen LogP contribution in [0.25, 0.3) is 0 Å². The molecule has 1 rings (SSSR count). The molecule has 0 spiro atoms. The van der Waals surface area contributed by atoms with Gasteiger partial charge in [-0.2, -0.15) is 11.8 Å². The van der Waals surface area contributed by atoms with E-state index in [0.717, 1.165) is 11.3 Å². The van der Waals surface area contributed by atoms with Gasteiger partial charge in [0.05, 0.1) is 0 Å². The number of nitrogens with one attached hydrogen (secondary N) is 2. The van der Waals surface area contributed by atoms with Crippen LogP contribution in [0.5, 0.6) is 0 Å². The lowest BCUT2D eigenvalue weighted by Crippen LogP contribution is -2.45. The number of hydrogen-bond acceptors (Lipinski definition) is 5. The van der Waals surface area contributed by atoms with Gasteiger partial charge in [-0.25, -0.2) is 0 Å². The maximum atomic E-state index is 11.3. The zero-order valence-electron chi connectivity index (χ0n) is 13.2. The van der Waals surface area contributed by atoms with E-state index >= 15 is 0 Å². The highest BCUT2D eigenvalue weighted by Crippen LogP contribution is 2.03. The SMILES string of the molecule is CSCC[C@@H](NCCN[C@@H](Cc1ccccc1)C(=O)O)C(=O)O. The molecule has 4 N–H and O–H groups in total. The summed E-state index contributed by atoms with van der Waals surface area (Å²) in [5.41, 5.74) is 0.948. The first-order chi connectivity index (χ1) is 11.0. The lowest BCUT2D eigenvalue weighted by molar-refractivity contribution is -0.140. The molecule has 23 heavy (non-hydrogen) atoms. The van der Waals surface area contributed by atoms with Crippen molar-refractivity contribution in [3.63, 3.8) is 0 Å². The molecule has 128 valence electrons. The number of thioether (sulfide) groups is 1. The summed E-state index contributed by atoms with van der Waals surface area (Å²) in [5, 5.41) is 24.3. The number of benzene rings is 1. The summed E-state index contributed by atoms with van der Waals surface area (Å²) in [5.74, 6) is -1.02. The van der Waals surface area contributed by atoms with Gasteiger partial charge in [0.25, 0.3) is 0 Å². The van der Waals surface area contributed by atoms with Gasteiger partial charge in [-0.1, -0.05) is 30.3 Å². The molecule has 0 aliphatic heterocycles. The van der Waals surface area contributed by atoms with Crippen LogP contribution in [0.1, 0.15) is 12.0 Å². The molecule has 0 saturated carbocycles. The summed E-state index contributed by atoms with van der Waals surface area (Å²) in [7, 11) is 0. The Labute approximate surface area is 140 Å². The first-order valence-corrected chi connectivity index (χ1v) is 8.89. The molecule has 6 nitrogen and oxygen atoms in total. The van der Waals surface area contributed by atoms with E-state index < -0.39 is 24.0 Å². The van der Waals surface area contributed by atoms with Crippen molar-refractivity contribution in [1.82, 2.24) is 10.6 Å². The topological polar surface area (TPSA) is 98.7 Å². The minimum atomic E-state index is -0.911.